The van der Waals surface area contributed by atoms with E-state index >= 15 is 0 Å². The number of furan rings is 1. The van der Waals surface area contributed by atoms with Crippen molar-refractivity contribution < 1.29 is 19.0 Å². The van der Waals surface area contributed by atoms with Crippen molar-refractivity contribution in [1.29, 1.82) is 0 Å². The Labute approximate surface area is 110 Å². The van der Waals surface area contributed by atoms with Crippen LogP contribution in [0.25, 0.3) is 0 Å². The third-order valence-corrected chi connectivity index (χ3v) is 3.02. The Kier molecular flexibility index (Phi) is 3.29. The lowest BCUT2D eigenvalue weighted by Crippen LogP contribution is -2.16. The van der Waals surface area contributed by atoms with Gasteiger partial charge in [0.05, 0.1) is 6.26 Å². The summed E-state index contributed by atoms with van der Waals surface area (Å²) < 4.78 is 15.7. The van der Waals surface area contributed by atoms with E-state index in [-0.39, 0.29) is 12.5 Å². The van der Waals surface area contributed by atoms with Crippen molar-refractivity contribution in [2.24, 2.45) is 0 Å². The van der Waals surface area contributed by atoms with Crippen LogP contribution in [0.2, 0.25) is 0 Å². The first-order valence-electron chi connectivity index (χ1n) is 6.17. The fourth-order valence-corrected chi connectivity index (χ4v) is 2.00. The molecule has 5 heteroatoms. The highest BCUT2D eigenvalue weighted by atomic mass is 16.7. The van der Waals surface area contributed by atoms with E-state index in [4.69, 9.17) is 13.9 Å². The minimum atomic E-state index is 0.212. The largest absolute Gasteiger partial charge is 0.507 e. The molecule has 0 radical (unpaired) electrons. The molecule has 0 bridgehead atoms. The van der Waals surface area contributed by atoms with Gasteiger partial charge in [-0.1, -0.05) is 0 Å². The van der Waals surface area contributed by atoms with Crippen molar-refractivity contribution in [3.05, 3.63) is 41.9 Å². The third-order valence-electron chi connectivity index (χ3n) is 3.02. The third kappa shape index (κ3) is 2.66. The van der Waals surface area contributed by atoms with Crippen molar-refractivity contribution in [1.82, 2.24) is 5.32 Å². The molecule has 1 aliphatic rings. The highest BCUT2D eigenvalue weighted by Crippen LogP contribution is 2.37. The van der Waals surface area contributed by atoms with Crippen molar-refractivity contribution >= 4 is 0 Å². The molecule has 0 unspecified atom stereocenters. The van der Waals surface area contributed by atoms with Gasteiger partial charge in [-0.3, -0.25) is 0 Å². The zero-order valence-electron chi connectivity index (χ0n) is 10.4. The lowest BCUT2D eigenvalue weighted by Gasteiger charge is -2.07. The summed E-state index contributed by atoms with van der Waals surface area (Å²) in [5.74, 6) is 2.44. The molecule has 0 amide bonds. The summed E-state index contributed by atoms with van der Waals surface area (Å²) in [4.78, 5) is 0. The first-order valence-corrected chi connectivity index (χ1v) is 6.17. The van der Waals surface area contributed by atoms with Crippen LogP contribution < -0.4 is 14.8 Å². The Morgan fingerprint density at radius 3 is 2.84 bits per heavy atom. The summed E-state index contributed by atoms with van der Waals surface area (Å²) in [6.07, 6.45) is 2.48. The molecule has 1 aromatic heterocycles. The van der Waals surface area contributed by atoms with Crippen LogP contribution in [0.3, 0.4) is 0 Å². The number of phenols is 1. The summed E-state index contributed by atoms with van der Waals surface area (Å²) in [7, 11) is 0. The molecule has 0 saturated heterocycles. The van der Waals surface area contributed by atoms with Gasteiger partial charge < -0.3 is 24.3 Å². The zero-order chi connectivity index (χ0) is 13.1. The molecule has 0 aliphatic carbocycles. The monoisotopic (exact) mass is 261 g/mol. The summed E-state index contributed by atoms with van der Waals surface area (Å²) in [5.41, 5.74) is 0.795. The number of nitrogens with one attached hydrogen (secondary N) is 1. The SMILES string of the molecule is Oc1cc2c(cc1CNCCc1ccco1)OCO2. The first-order chi connectivity index (χ1) is 9.33. The maximum absolute atomic E-state index is 9.86. The average Bonchev–Trinajstić information content (AvgIpc) is 3.05. The predicted octanol–water partition coefficient (Wildman–Crippen LogP) is 2.05. The highest BCUT2D eigenvalue weighted by Gasteiger charge is 2.16. The predicted molar refractivity (Wildman–Crippen MR) is 68.3 cm³/mol. The van der Waals surface area contributed by atoms with E-state index in [0.29, 0.717) is 18.0 Å². The maximum atomic E-state index is 9.86. The molecule has 19 heavy (non-hydrogen) atoms. The van der Waals surface area contributed by atoms with Gasteiger partial charge >= 0.3 is 0 Å². The van der Waals surface area contributed by atoms with Crippen molar-refractivity contribution in [3.63, 3.8) is 0 Å². The highest BCUT2D eigenvalue weighted by molar-refractivity contribution is 5.51. The molecule has 1 aromatic carbocycles. The Balaban J connectivity index is 1.55. The first kappa shape index (κ1) is 11.9. The van der Waals surface area contributed by atoms with Gasteiger partial charge in [0.25, 0.3) is 0 Å². The van der Waals surface area contributed by atoms with E-state index in [2.05, 4.69) is 5.32 Å². The van der Waals surface area contributed by atoms with Crippen LogP contribution in [-0.2, 0) is 13.0 Å². The second kappa shape index (κ2) is 5.24. The summed E-state index contributed by atoms with van der Waals surface area (Å²) in [6.45, 7) is 1.56. The summed E-state index contributed by atoms with van der Waals surface area (Å²) >= 11 is 0. The molecule has 3 rings (SSSR count). The van der Waals surface area contributed by atoms with Crippen LogP contribution in [0, 0.1) is 0 Å². The van der Waals surface area contributed by atoms with E-state index in [1.165, 1.54) is 0 Å². The smallest absolute Gasteiger partial charge is 0.231 e. The molecular weight excluding hydrogens is 246 g/mol. The van der Waals surface area contributed by atoms with Gasteiger partial charge in [-0.25, -0.2) is 0 Å². The van der Waals surface area contributed by atoms with Crippen molar-refractivity contribution in [2.45, 2.75) is 13.0 Å². The van der Waals surface area contributed by atoms with Gasteiger partial charge in [0.1, 0.15) is 11.5 Å². The number of ether oxygens (including phenoxy) is 2. The van der Waals surface area contributed by atoms with Crippen molar-refractivity contribution in [2.75, 3.05) is 13.3 Å². The van der Waals surface area contributed by atoms with Gasteiger partial charge in [0, 0.05) is 31.1 Å². The fraction of sp³-hybridized carbons (Fsp3) is 0.286. The molecule has 100 valence electrons. The lowest BCUT2D eigenvalue weighted by atomic mass is 10.1. The minimum Gasteiger partial charge on any atom is -0.507 e. The zero-order valence-corrected chi connectivity index (χ0v) is 10.4. The molecule has 0 fully saturated rings. The Hall–Kier alpha value is -2.14. The van der Waals surface area contributed by atoms with E-state index in [9.17, 15) is 5.11 Å². The maximum Gasteiger partial charge on any atom is 0.231 e. The van der Waals surface area contributed by atoms with Crippen LogP contribution in [0.1, 0.15) is 11.3 Å². The van der Waals surface area contributed by atoms with Crippen molar-refractivity contribution in [3.8, 4) is 17.2 Å². The lowest BCUT2D eigenvalue weighted by molar-refractivity contribution is 0.174. The van der Waals surface area contributed by atoms with Gasteiger partial charge in [0.15, 0.2) is 11.5 Å². The van der Waals surface area contributed by atoms with Gasteiger partial charge in [0.2, 0.25) is 6.79 Å². The van der Waals surface area contributed by atoms with Crippen LogP contribution in [0.5, 0.6) is 17.2 Å². The Morgan fingerprint density at radius 2 is 2.05 bits per heavy atom. The number of hydrogen-bond donors (Lipinski definition) is 2. The molecule has 2 N–H and O–H groups in total. The average molecular weight is 261 g/mol. The molecule has 1 aliphatic heterocycles. The number of phenolic OH excluding ortho intramolecular Hbond substituents is 1. The minimum absolute atomic E-state index is 0.212. The fourth-order valence-electron chi connectivity index (χ4n) is 2.00. The summed E-state index contributed by atoms with van der Waals surface area (Å²) in [6, 6.07) is 7.21. The number of benzene rings is 1. The van der Waals surface area contributed by atoms with E-state index < -0.39 is 0 Å². The Morgan fingerprint density at radius 1 is 1.21 bits per heavy atom. The molecule has 0 atom stereocenters. The molecular formula is C14H15NO4. The molecule has 2 aromatic rings. The Bertz CT molecular complexity index is 551. The molecule has 0 spiro atoms. The molecule has 0 saturated carbocycles. The second-order valence-corrected chi connectivity index (χ2v) is 4.34. The summed E-state index contributed by atoms with van der Waals surface area (Å²) in [5, 5.41) is 13.1. The standard InChI is InChI=1S/C14H15NO4/c16-12-7-14-13(18-9-19-14)6-10(12)8-15-4-3-11-2-1-5-17-11/h1-2,5-7,15-16H,3-4,8-9H2. The van der Waals surface area contributed by atoms with E-state index in [1.807, 2.05) is 12.1 Å². The van der Waals surface area contributed by atoms with Crippen LogP contribution in [-0.4, -0.2) is 18.4 Å². The van der Waals surface area contributed by atoms with Crippen LogP contribution in [0.15, 0.2) is 34.9 Å². The number of aromatic hydroxyl groups is 1. The molecule has 5 nitrogen and oxygen atoms in total. The van der Waals surface area contributed by atoms with Crippen LogP contribution in [0.4, 0.5) is 0 Å². The van der Waals surface area contributed by atoms with Crippen LogP contribution >= 0.6 is 0 Å². The van der Waals surface area contributed by atoms with Gasteiger partial charge in [-0.15, -0.1) is 0 Å². The number of rotatable bonds is 5. The quantitative estimate of drug-likeness (QED) is 0.806. The normalized spacial score (nSPS) is 12.8. The van der Waals surface area contributed by atoms with Gasteiger partial charge in [-0.2, -0.15) is 0 Å². The topological polar surface area (TPSA) is 63.9 Å². The van der Waals surface area contributed by atoms with E-state index in [1.54, 1.807) is 18.4 Å². The number of fused-ring (bicyclic) bond motifs is 1. The van der Waals surface area contributed by atoms with Gasteiger partial charge in [-0.05, 0) is 18.2 Å². The second-order valence-electron chi connectivity index (χ2n) is 4.34. The molecule has 2 heterocycles. The number of hydrogen-bond acceptors (Lipinski definition) is 5. The van der Waals surface area contributed by atoms with E-state index in [0.717, 1.165) is 24.3 Å².